The highest BCUT2D eigenvalue weighted by Gasteiger charge is 2.23. The summed E-state index contributed by atoms with van der Waals surface area (Å²) >= 11 is 1.62. The third kappa shape index (κ3) is 3.28. The van der Waals surface area contributed by atoms with Gasteiger partial charge < -0.3 is 14.6 Å². The number of fused-ring (bicyclic) bond motifs is 1. The summed E-state index contributed by atoms with van der Waals surface area (Å²) in [6.07, 6.45) is 3.47. The van der Waals surface area contributed by atoms with E-state index in [1.54, 1.807) is 41.8 Å². The van der Waals surface area contributed by atoms with E-state index in [4.69, 9.17) is 4.42 Å². The molecule has 1 N–H and O–H groups in total. The Morgan fingerprint density at radius 1 is 1.28 bits per heavy atom. The molecule has 0 radical (unpaired) electrons. The lowest BCUT2D eigenvalue weighted by Crippen LogP contribution is -2.44. The minimum Gasteiger partial charge on any atom is -0.451 e. The summed E-state index contributed by atoms with van der Waals surface area (Å²) in [4.78, 5) is 31.1. The zero-order chi connectivity index (χ0) is 17.2. The molecule has 25 heavy (non-hydrogen) atoms. The van der Waals surface area contributed by atoms with Gasteiger partial charge in [-0.05, 0) is 25.0 Å². The highest BCUT2D eigenvalue weighted by atomic mass is 32.1. The molecule has 1 fully saturated rings. The van der Waals surface area contributed by atoms with Gasteiger partial charge in [0.2, 0.25) is 0 Å². The van der Waals surface area contributed by atoms with Gasteiger partial charge in [0.05, 0.1) is 5.39 Å². The molecule has 1 aliphatic heterocycles. The van der Waals surface area contributed by atoms with Crippen LogP contribution in [0.3, 0.4) is 0 Å². The zero-order valence-electron chi connectivity index (χ0n) is 13.5. The summed E-state index contributed by atoms with van der Waals surface area (Å²) in [7, 11) is 0. The molecule has 0 atom stereocenters. The average Bonchev–Trinajstić information content (AvgIpc) is 3.17. The SMILES string of the molecule is O=C(NC1CCN(c2nccs2)CC1)c1cc(=O)c2ccccc2o1. The molecule has 0 aliphatic carbocycles. The molecule has 0 spiro atoms. The Bertz CT molecular complexity index is 944. The second-order valence-corrected chi connectivity index (χ2v) is 6.89. The van der Waals surface area contributed by atoms with E-state index in [2.05, 4.69) is 15.2 Å². The van der Waals surface area contributed by atoms with Gasteiger partial charge >= 0.3 is 0 Å². The number of nitrogens with zero attached hydrogens (tertiary/aromatic N) is 2. The number of aromatic nitrogens is 1. The predicted octanol–water partition coefficient (Wildman–Crippen LogP) is 2.65. The number of carbonyl (C=O) groups excluding carboxylic acids is 1. The number of nitrogens with one attached hydrogen (secondary N) is 1. The molecule has 4 rings (SSSR count). The lowest BCUT2D eigenvalue weighted by molar-refractivity contribution is 0.0903. The lowest BCUT2D eigenvalue weighted by atomic mass is 10.1. The molecular formula is C18H17N3O3S. The summed E-state index contributed by atoms with van der Waals surface area (Å²) in [6.45, 7) is 1.69. The maximum absolute atomic E-state index is 12.5. The first-order valence-corrected chi connectivity index (χ1v) is 9.07. The van der Waals surface area contributed by atoms with Gasteiger partial charge in [-0.15, -0.1) is 11.3 Å². The van der Waals surface area contributed by atoms with Gasteiger partial charge in [-0.1, -0.05) is 12.1 Å². The van der Waals surface area contributed by atoms with E-state index in [-0.39, 0.29) is 23.1 Å². The number of hydrogen-bond acceptors (Lipinski definition) is 6. The number of amides is 1. The number of thiazole rings is 1. The second kappa shape index (κ2) is 6.68. The summed E-state index contributed by atoms with van der Waals surface area (Å²) in [5.41, 5.74) is 0.226. The van der Waals surface area contributed by atoms with Gasteiger partial charge in [-0.3, -0.25) is 9.59 Å². The molecular weight excluding hydrogens is 338 g/mol. The van der Waals surface area contributed by atoms with E-state index in [0.29, 0.717) is 11.0 Å². The molecule has 1 saturated heterocycles. The predicted molar refractivity (Wildman–Crippen MR) is 97.3 cm³/mol. The molecule has 1 aromatic carbocycles. The highest BCUT2D eigenvalue weighted by Crippen LogP contribution is 2.22. The van der Waals surface area contributed by atoms with Crippen molar-refractivity contribution in [3.63, 3.8) is 0 Å². The largest absolute Gasteiger partial charge is 0.451 e. The maximum atomic E-state index is 12.5. The first kappa shape index (κ1) is 15.8. The Morgan fingerprint density at radius 3 is 2.84 bits per heavy atom. The van der Waals surface area contributed by atoms with Crippen LogP contribution in [0.1, 0.15) is 23.4 Å². The van der Waals surface area contributed by atoms with E-state index in [0.717, 1.165) is 31.1 Å². The van der Waals surface area contributed by atoms with Crippen molar-refractivity contribution < 1.29 is 9.21 Å². The van der Waals surface area contributed by atoms with Crippen LogP contribution in [0.5, 0.6) is 0 Å². The Balaban J connectivity index is 1.43. The smallest absolute Gasteiger partial charge is 0.287 e. The Hall–Kier alpha value is -2.67. The van der Waals surface area contributed by atoms with Gasteiger partial charge in [-0.25, -0.2) is 4.98 Å². The van der Waals surface area contributed by atoms with Crippen LogP contribution in [0.4, 0.5) is 5.13 Å². The van der Waals surface area contributed by atoms with Crippen LogP contribution in [0.2, 0.25) is 0 Å². The van der Waals surface area contributed by atoms with Crippen LogP contribution >= 0.6 is 11.3 Å². The van der Waals surface area contributed by atoms with Crippen LogP contribution in [-0.2, 0) is 0 Å². The van der Waals surface area contributed by atoms with E-state index < -0.39 is 0 Å². The normalized spacial score (nSPS) is 15.4. The van der Waals surface area contributed by atoms with E-state index in [1.807, 2.05) is 5.38 Å². The monoisotopic (exact) mass is 355 g/mol. The maximum Gasteiger partial charge on any atom is 0.287 e. The number of hydrogen-bond donors (Lipinski definition) is 1. The number of rotatable bonds is 3. The number of benzene rings is 1. The molecule has 6 nitrogen and oxygen atoms in total. The molecule has 2 aromatic heterocycles. The van der Waals surface area contributed by atoms with E-state index >= 15 is 0 Å². The van der Waals surface area contributed by atoms with Crippen LogP contribution in [0, 0.1) is 0 Å². The van der Waals surface area contributed by atoms with Gasteiger partial charge in [-0.2, -0.15) is 0 Å². The van der Waals surface area contributed by atoms with Crippen molar-refractivity contribution in [3.8, 4) is 0 Å². The first-order valence-electron chi connectivity index (χ1n) is 8.19. The number of anilines is 1. The fourth-order valence-electron chi connectivity index (χ4n) is 3.06. The highest BCUT2D eigenvalue weighted by molar-refractivity contribution is 7.13. The fourth-order valence-corrected chi connectivity index (χ4v) is 3.76. The topological polar surface area (TPSA) is 75.4 Å². The molecule has 0 saturated carbocycles. The number of carbonyl (C=O) groups is 1. The Labute approximate surface area is 148 Å². The fraction of sp³-hybridized carbons (Fsp3) is 0.278. The second-order valence-electron chi connectivity index (χ2n) is 6.02. The summed E-state index contributed by atoms with van der Waals surface area (Å²) < 4.78 is 5.60. The molecule has 3 heterocycles. The first-order chi connectivity index (χ1) is 12.2. The average molecular weight is 355 g/mol. The minimum absolute atomic E-state index is 0.0612. The van der Waals surface area contributed by atoms with Crippen LogP contribution in [0.25, 0.3) is 11.0 Å². The van der Waals surface area contributed by atoms with Gasteiger partial charge in [0.25, 0.3) is 5.91 Å². The van der Waals surface area contributed by atoms with Crippen LogP contribution in [0.15, 0.2) is 51.1 Å². The van der Waals surface area contributed by atoms with Gasteiger partial charge in [0.15, 0.2) is 16.3 Å². The van der Waals surface area contributed by atoms with Crippen molar-refractivity contribution in [2.24, 2.45) is 0 Å². The van der Waals surface area contributed by atoms with Crippen molar-refractivity contribution in [1.29, 1.82) is 0 Å². The molecule has 7 heteroatoms. The Morgan fingerprint density at radius 2 is 2.08 bits per heavy atom. The minimum atomic E-state index is -0.337. The van der Waals surface area contributed by atoms with Crippen molar-refractivity contribution in [1.82, 2.24) is 10.3 Å². The van der Waals surface area contributed by atoms with Crippen LogP contribution in [-0.4, -0.2) is 30.0 Å². The van der Waals surface area contributed by atoms with Crippen molar-refractivity contribution in [2.45, 2.75) is 18.9 Å². The van der Waals surface area contributed by atoms with Crippen molar-refractivity contribution in [2.75, 3.05) is 18.0 Å². The summed E-state index contributed by atoms with van der Waals surface area (Å²) in [5, 5.41) is 6.44. The number of para-hydroxylation sites is 1. The summed E-state index contributed by atoms with van der Waals surface area (Å²) in [5.74, 6) is -0.276. The third-order valence-electron chi connectivity index (χ3n) is 4.38. The molecule has 0 unspecified atom stereocenters. The van der Waals surface area contributed by atoms with Crippen molar-refractivity contribution in [3.05, 3.63) is 57.9 Å². The Kier molecular flexibility index (Phi) is 4.23. The molecule has 3 aromatic rings. The van der Waals surface area contributed by atoms with Gasteiger partial charge in [0.1, 0.15) is 5.58 Å². The molecule has 0 bridgehead atoms. The summed E-state index contributed by atoms with van der Waals surface area (Å²) in [6, 6.07) is 8.27. The number of piperidine rings is 1. The standard InChI is InChI=1S/C18H17N3O3S/c22-14-11-16(24-15-4-2-1-3-13(14)15)17(23)20-12-5-8-21(9-6-12)18-19-7-10-25-18/h1-4,7,10-12H,5-6,8-9H2,(H,20,23). The third-order valence-corrected chi connectivity index (χ3v) is 5.21. The zero-order valence-corrected chi connectivity index (χ0v) is 14.3. The van der Waals surface area contributed by atoms with Crippen molar-refractivity contribution >= 4 is 33.3 Å². The molecule has 1 amide bonds. The van der Waals surface area contributed by atoms with Gasteiger partial charge in [0, 0.05) is 36.8 Å². The van der Waals surface area contributed by atoms with Crippen LogP contribution < -0.4 is 15.6 Å². The lowest BCUT2D eigenvalue weighted by Gasteiger charge is -2.32. The van der Waals surface area contributed by atoms with E-state index in [1.165, 1.54) is 6.07 Å². The quantitative estimate of drug-likeness (QED) is 0.782. The molecule has 128 valence electrons. The molecule has 1 aliphatic rings. The van der Waals surface area contributed by atoms with E-state index in [9.17, 15) is 9.59 Å².